The van der Waals surface area contributed by atoms with Gasteiger partial charge < -0.3 is 10.2 Å². The Hall–Kier alpha value is -1.51. The van der Waals surface area contributed by atoms with Crippen LogP contribution in [0.25, 0.3) is 0 Å². The van der Waals surface area contributed by atoms with Crippen molar-refractivity contribution in [3.63, 3.8) is 0 Å². The number of phenols is 1. The minimum absolute atomic E-state index is 0.0421. The van der Waals surface area contributed by atoms with Crippen molar-refractivity contribution in [3.8, 4) is 5.75 Å². The van der Waals surface area contributed by atoms with Gasteiger partial charge in [-0.1, -0.05) is 17.7 Å². The molecule has 13 heavy (non-hydrogen) atoms. The molecule has 0 aliphatic rings. The molecule has 0 bridgehead atoms. The number of carboxylic acids is 1. The molecule has 3 nitrogen and oxygen atoms in total. The SMILES string of the molecule is Cc1ccc(O)c(C(C)C(=O)O)c1. The zero-order valence-electron chi connectivity index (χ0n) is 7.61. The van der Waals surface area contributed by atoms with Crippen LogP contribution >= 0.6 is 0 Å². The van der Waals surface area contributed by atoms with E-state index in [1.807, 2.05) is 6.92 Å². The lowest BCUT2D eigenvalue weighted by Crippen LogP contribution is -2.07. The molecule has 0 radical (unpaired) electrons. The van der Waals surface area contributed by atoms with Crippen LogP contribution in [-0.2, 0) is 4.79 Å². The summed E-state index contributed by atoms with van der Waals surface area (Å²) in [6.45, 7) is 3.41. The molecule has 1 unspecified atom stereocenters. The van der Waals surface area contributed by atoms with Crippen LogP contribution in [-0.4, -0.2) is 16.2 Å². The number of carboxylic acid groups (broad SMARTS) is 1. The van der Waals surface area contributed by atoms with Crippen LogP contribution in [0.15, 0.2) is 18.2 Å². The molecule has 1 aromatic rings. The van der Waals surface area contributed by atoms with Crippen molar-refractivity contribution in [2.24, 2.45) is 0 Å². The molecule has 1 rings (SSSR count). The summed E-state index contributed by atoms with van der Waals surface area (Å²) in [5.74, 6) is -1.55. The normalized spacial score (nSPS) is 12.5. The topological polar surface area (TPSA) is 57.5 Å². The predicted molar refractivity (Wildman–Crippen MR) is 48.9 cm³/mol. The maximum absolute atomic E-state index is 10.7. The van der Waals surface area contributed by atoms with Gasteiger partial charge in [0, 0.05) is 5.56 Å². The molecule has 0 heterocycles. The van der Waals surface area contributed by atoms with Crippen LogP contribution in [0.1, 0.15) is 24.0 Å². The van der Waals surface area contributed by atoms with Gasteiger partial charge in [0.25, 0.3) is 0 Å². The summed E-state index contributed by atoms with van der Waals surface area (Å²) in [5.41, 5.74) is 1.41. The van der Waals surface area contributed by atoms with Crippen molar-refractivity contribution in [1.29, 1.82) is 0 Å². The average Bonchev–Trinajstić information content (AvgIpc) is 2.08. The van der Waals surface area contributed by atoms with E-state index in [4.69, 9.17) is 5.11 Å². The molecular weight excluding hydrogens is 168 g/mol. The Morgan fingerprint density at radius 1 is 1.46 bits per heavy atom. The fourth-order valence-electron chi connectivity index (χ4n) is 1.15. The quantitative estimate of drug-likeness (QED) is 0.730. The van der Waals surface area contributed by atoms with Crippen LogP contribution < -0.4 is 0 Å². The summed E-state index contributed by atoms with van der Waals surface area (Å²) in [6, 6.07) is 4.95. The molecular formula is C10H12O3. The summed E-state index contributed by atoms with van der Waals surface area (Å²) in [6.07, 6.45) is 0. The molecule has 0 saturated carbocycles. The molecule has 0 aromatic heterocycles. The van der Waals surface area contributed by atoms with E-state index in [1.54, 1.807) is 19.1 Å². The summed E-state index contributed by atoms with van der Waals surface area (Å²) in [7, 11) is 0. The lowest BCUT2D eigenvalue weighted by molar-refractivity contribution is -0.138. The van der Waals surface area contributed by atoms with E-state index in [0.29, 0.717) is 5.56 Å². The Morgan fingerprint density at radius 3 is 2.62 bits per heavy atom. The number of aliphatic carboxylic acids is 1. The van der Waals surface area contributed by atoms with Crippen molar-refractivity contribution in [3.05, 3.63) is 29.3 Å². The third-order valence-electron chi connectivity index (χ3n) is 2.02. The first kappa shape index (κ1) is 9.58. The number of phenolic OH excluding ortho intramolecular Hbond substituents is 1. The van der Waals surface area contributed by atoms with Gasteiger partial charge in [0.2, 0.25) is 0 Å². The average molecular weight is 180 g/mol. The highest BCUT2D eigenvalue weighted by atomic mass is 16.4. The van der Waals surface area contributed by atoms with Gasteiger partial charge >= 0.3 is 5.97 Å². The molecule has 0 spiro atoms. The van der Waals surface area contributed by atoms with Crippen molar-refractivity contribution < 1.29 is 15.0 Å². The van der Waals surface area contributed by atoms with Crippen LogP contribution in [0.4, 0.5) is 0 Å². The van der Waals surface area contributed by atoms with E-state index in [9.17, 15) is 9.90 Å². The van der Waals surface area contributed by atoms with E-state index < -0.39 is 11.9 Å². The minimum Gasteiger partial charge on any atom is -0.508 e. The molecule has 0 aliphatic heterocycles. The van der Waals surface area contributed by atoms with E-state index in [2.05, 4.69) is 0 Å². The lowest BCUT2D eigenvalue weighted by atomic mass is 9.98. The highest BCUT2D eigenvalue weighted by Crippen LogP contribution is 2.26. The van der Waals surface area contributed by atoms with E-state index in [-0.39, 0.29) is 5.75 Å². The highest BCUT2D eigenvalue weighted by Gasteiger charge is 2.16. The molecule has 1 aromatic carbocycles. The number of rotatable bonds is 2. The van der Waals surface area contributed by atoms with Gasteiger partial charge in [-0.15, -0.1) is 0 Å². The summed E-state index contributed by atoms with van der Waals surface area (Å²) in [5, 5.41) is 18.1. The molecule has 0 aliphatic carbocycles. The molecule has 0 saturated heterocycles. The zero-order valence-corrected chi connectivity index (χ0v) is 7.61. The summed E-state index contributed by atoms with van der Waals surface area (Å²) >= 11 is 0. The largest absolute Gasteiger partial charge is 0.508 e. The molecule has 2 N–H and O–H groups in total. The standard InChI is InChI=1S/C10H12O3/c1-6-3-4-9(11)8(5-6)7(2)10(12)13/h3-5,7,11H,1-2H3,(H,12,13). The van der Waals surface area contributed by atoms with Crippen molar-refractivity contribution in [2.45, 2.75) is 19.8 Å². The third-order valence-corrected chi connectivity index (χ3v) is 2.02. The highest BCUT2D eigenvalue weighted by molar-refractivity contribution is 5.76. The smallest absolute Gasteiger partial charge is 0.310 e. The second-order valence-corrected chi connectivity index (χ2v) is 3.12. The summed E-state index contributed by atoms with van der Waals surface area (Å²) in [4.78, 5) is 10.7. The second kappa shape index (κ2) is 3.47. The van der Waals surface area contributed by atoms with Crippen molar-refractivity contribution >= 4 is 5.97 Å². The third kappa shape index (κ3) is 1.99. The van der Waals surface area contributed by atoms with Gasteiger partial charge in [-0.25, -0.2) is 0 Å². The number of aromatic hydroxyl groups is 1. The molecule has 0 fully saturated rings. The van der Waals surface area contributed by atoms with Gasteiger partial charge in [-0.2, -0.15) is 0 Å². The zero-order chi connectivity index (χ0) is 10.0. The van der Waals surface area contributed by atoms with Crippen LogP contribution in [0, 0.1) is 6.92 Å². The van der Waals surface area contributed by atoms with Gasteiger partial charge in [-0.05, 0) is 19.9 Å². The number of hydrogen-bond acceptors (Lipinski definition) is 2. The monoisotopic (exact) mass is 180 g/mol. The number of hydrogen-bond donors (Lipinski definition) is 2. The lowest BCUT2D eigenvalue weighted by Gasteiger charge is -2.09. The fraction of sp³-hybridized carbons (Fsp3) is 0.300. The molecule has 3 heteroatoms. The number of carbonyl (C=O) groups is 1. The van der Waals surface area contributed by atoms with Crippen molar-refractivity contribution in [1.82, 2.24) is 0 Å². The van der Waals surface area contributed by atoms with Crippen LogP contribution in [0.3, 0.4) is 0 Å². The van der Waals surface area contributed by atoms with E-state index >= 15 is 0 Å². The van der Waals surface area contributed by atoms with E-state index in [1.165, 1.54) is 6.07 Å². The van der Waals surface area contributed by atoms with Gasteiger partial charge in [-0.3, -0.25) is 4.79 Å². The van der Waals surface area contributed by atoms with Crippen LogP contribution in [0.2, 0.25) is 0 Å². The maximum Gasteiger partial charge on any atom is 0.310 e. The van der Waals surface area contributed by atoms with Crippen LogP contribution in [0.5, 0.6) is 5.75 Å². The molecule has 70 valence electrons. The minimum atomic E-state index is -0.930. The fourth-order valence-corrected chi connectivity index (χ4v) is 1.15. The Morgan fingerprint density at radius 2 is 2.08 bits per heavy atom. The Bertz CT molecular complexity index is 331. The first-order valence-electron chi connectivity index (χ1n) is 4.04. The van der Waals surface area contributed by atoms with Gasteiger partial charge in [0.15, 0.2) is 0 Å². The molecule has 1 atom stereocenters. The Balaban J connectivity index is 3.12. The second-order valence-electron chi connectivity index (χ2n) is 3.12. The van der Waals surface area contributed by atoms with E-state index in [0.717, 1.165) is 5.56 Å². The molecule has 0 amide bonds. The summed E-state index contributed by atoms with van der Waals surface area (Å²) < 4.78 is 0. The number of benzene rings is 1. The van der Waals surface area contributed by atoms with Gasteiger partial charge in [0.05, 0.1) is 5.92 Å². The number of aryl methyl sites for hydroxylation is 1. The first-order chi connectivity index (χ1) is 6.02. The Kier molecular flexibility index (Phi) is 2.56. The first-order valence-corrected chi connectivity index (χ1v) is 4.04. The predicted octanol–water partition coefficient (Wildman–Crippen LogP) is 1.89. The Labute approximate surface area is 76.6 Å². The maximum atomic E-state index is 10.7. The van der Waals surface area contributed by atoms with Gasteiger partial charge in [0.1, 0.15) is 5.75 Å². The van der Waals surface area contributed by atoms with Crippen molar-refractivity contribution in [2.75, 3.05) is 0 Å².